The van der Waals surface area contributed by atoms with Crippen LogP contribution in [0.3, 0.4) is 0 Å². The minimum absolute atomic E-state index is 0.0498. The van der Waals surface area contributed by atoms with Gasteiger partial charge < -0.3 is 19.8 Å². The van der Waals surface area contributed by atoms with Crippen molar-refractivity contribution in [1.29, 1.82) is 0 Å². The Morgan fingerprint density at radius 2 is 1.90 bits per heavy atom. The summed E-state index contributed by atoms with van der Waals surface area (Å²) in [5, 5.41) is 15.6. The molecule has 0 amide bonds. The number of fused-ring (bicyclic) bond motifs is 3. The van der Waals surface area contributed by atoms with Gasteiger partial charge in [-0.15, -0.1) is 0 Å². The van der Waals surface area contributed by atoms with Crippen LogP contribution in [0.15, 0.2) is 23.8 Å². The Balaban J connectivity index is 0.000000321. The molecule has 2 fully saturated rings. The van der Waals surface area contributed by atoms with Crippen LogP contribution in [0.4, 0.5) is 0 Å². The zero-order valence-corrected chi connectivity index (χ0v) is 17.8. The Morgan fingerprint density at radius 3 is 2.45 bits per heavy atom. The van der Waals surface area contributed by atoms with Crippen molar-refractivity contribution < 1.29 is 29.3 Å². The van der Waals surface area contributed by atoms with E-state index in [1.54, 1.807) is 0 Å². The number of carboxylic acid groups (broad SMARTS) is 2. The standard InChI is InChI=1S/C18H29NO2.C4H4O4/c1-12-6-5-9-18(2)10-15(18)16-13(8-7-12)14(11-19(3)4)17(20)21-16;5-3(6)1-2-4(7)8/h6,13-16H,5,7-11H2,1-4H3;1-2H,(H,5,6)(H,7,8)/t13-,14-,15-,16-,18-;/m0./s1. The molecule has 0 radical (unpaired) electrons. The summed E-state index contributed by atoms with van der Waals surface area (Å²) < 4.78 is 5.88. The summed E-state index contributed by atoms with van der Waals surface area (Å²) >= 11 is 0. The number of allylic oxidation sites excluding steroid dienone is 2. The molecule has 2 N–H and O–H groups in total. The normalized spacial score (nSPS) is 33.7. The number of hydrogen-bond donors (Lipinski definition) is 2. The average molecular weight is 408 g/mol. The zero-order chi connectivity index (χ0) is 21.8. The number of carbonyl (C=O) groups is 3. The average Bonchev–Trinajstić information content (AvgIpc) is 3.19. The summed E-state index contributed by atoms with van der Waals surface area (Å²) in [4.78, 5) is 33.6. The van der Waals surface area contributed by atoms with Gasteiger partial charge in [0.05, 0.1) is 5.92 Å². The van der Waals surface area contributed by atoms with Crippen molar-refractivity contribution in [3.05, 3.63) is 23.8 Å². The van der Waals surface area contributed by atoms with Gasteiger partial charge in [-0.3, -0.25) is 4.79 Å². The molecule has 1 saturated heterocycles. The minimum Gasteiger partial charge on any atom is -0.478 e. The van der Waals surface area contributed by atoms with E-state index in [2.05, 4.69) is 24.8 Å². The monoisotopic (exact) mass is 407 g/mol. The van der Waals surface area contributed by atoms with Crippen molar-refractivity contribution in [2.24, 2.45) is 23.2 Å². The van der Waals surface area contributed by atoms with E-state index in [0.717, 1.165) is 19.4 Å². The lowest BCUT2D eigenvalue weighted by Crippen LogP contribution is -2.32. The fraction of sp³-hybridized carbons (Fsp3) is 0.682. The van der Waals surface area contributed by atoms with Crippen LogP contribution >= 0.6 is 0 Å². The van der Waals surface area contributed by atoms with Gasteiger partial charge in [0, 0.05) is 30.5 Å². The molecule has 3 rings (SSSR count). The molecule has 7 nitrogen and oxygen atoms in total. The fourth-order valence-electron chi connectivity index (χ4n) is 4.59. The Labute approximate surface area is 172 Å². The van der Waals surface area contributed by atoms with E-state index in [0.29, 0.717) is 29.4 Å². The molecule has 1 heterocycles. The lowest BCUT2D eigenvalue weighted by molar-refractivity contribution is -0.145. The van der Waals surface area contributed by atoms with Gasteiger partial charge in [0.15, 0.2) is 0 Å². The molecule has 1 saturated carbocycles. The Morgan fingerprint density at radius 1 is 1.28 bits per heavy atom. The van der Waals surface area contributed by atoms with E-state index >= 15 is 0 Å². The maximum absolute atomic E-state index is 12.4. The first-order valence-corrected chi connectivity index (χ1v) is 10.2. The highest BCUT2D eigenvalue weighted by molar-refractivity contribution is 5.89. The van der Waals surface area contributed by atoms with E-state index in [9.17, 15) is 14.4 Å². The molecule has 162 valence electrons. The van der Waals surface area contributed by atoms with E-state index in [1.165, 1.54) is 24.8 Å². The van der Waals surface area contributed by atoms with Gasteiger partial charge >= 0.3 is 17.9 Å². The molecule has 0 aromatic rings. The SMILES string of the molecule is CC1=CCC[C@@]2(C)C[C@H]2[C@H]2OC(=O)[C@@H](CN(C)C)[C@@H]2CC1.O=C(O)C=CC(=O)O. The highest BCUT2D eigenvalue weighted by atomic mass is 16.6. The van der Waals surface area contributed by atoms with Crippen LogP contribution in [0.25, 0.3) is 0 Å². The molecule has 0 aromatic heterocycles. The van der Waals surface area contributed by atoms with Crippen LogP contribution in [0, 0.1) is 23.2 Å². The highest BCUT2D eigenvalue weighted by Gasteiger charge is 2.60. The van der Waals surface area contributed by atoms with Gasteiger partial charge in [-0.2, -0.15) is 0 Å². The summed E-state index contributed by atoms with van der Waals surface area (Å²) in [6, 6.07) is 0. The molecule has 3 aliphatic rings. The maximum atomic E-state index is 12.4. The number of esters is 1. The fourth-order valence-corrected chi connectivity index (χ4v) is 4.59. The van der Waals surface area contributed by atoms with Crippen molar-refractivity contribution in [3.8, 4) is 0 Å². The van der Waals surface area contributed by atoms with Crippen molar-refractivity contribution in [3.63, 3.8) is 0 Å². The third-order valence-corrected chi connectivity index (χ3v) is 6.32. The van der Waals surface area contributed by atoms with Crippen LogP contribution in [0.5, 0.6) is 0 Å². The molecule has 0 unspecified atom stereocenters. The first-order valence-electron chi connectivity index (χ1n) is 10.2. The smallest absolute Gasteiger partial charge is 0.328 e. The van der Waals surface area contributed by atoms with E-state index in [1.807, 2.05) is 14.1 Å². The van der Waals surface area contributed by atoms with Crippen molar-refractivity contribution in [1.82, 2.24) is 4.90 Å². The summed E-state index contributed by atoms with van der Waals surface area (Å²) in [6.07, 6.45) is 9.60. The quantitative estimate of drug-likeness (QED) is 0.419. The molecule has 1 aliphatic heterocycles. The molecule has 5 atom stereocenters. The molecular weight excluding hydrogens is 374 g/mol. The number of rotatable bonds is 4. The highest BCUT2D eigenvalue weighted by Crippen LogP contribution is 2.61. The van der Waals surface area contributed by atoms with Crippen LogP contribution in [0.2, 0.25) is 0 Å². The van der Waals surface area contributed by atoms with Crippen molar-refractivity contribution in [2.75, 3.05) is 20.6 Å². The van der Waals surface area contributed by atoms with Gasteiger partial charge in [-0.1, -0.05) is 18.6 Å². The first kappa shape index (κ1) is 23.1. The van der Waals surface area contributed by atoms with Crippen LogP contribution in [-0.4, -0.2) is 59.8 Å². The third-order valence-electron chi connectivity index (χ3n) is 6.32. The Kier molecular flexibility index (Phi) is 7.63. The van der Waals surface area contributed by atoms with Crippen LogP contribution < -0.4 is 0 Å². The Bertz CT molecular complexity index is 681. The number of aliphatic carboxylic acids is 2. The van der Waals surface area contributed by atoms with Crippen LogP contribution in [0.1, 0.15) is 46.0 Å². The van der Waals surface area contributed by atoms with E-state index in [4.69, 9.17) is 14.9 Å². The topological polar surface area (TPSA) is 104 Å². The lowest BCUT2D eigenvalue weighted by Gasteiger charge is -2.25. The van der Waals surface area contributed by atoms with Gasteiger partial charge in [-0.25, -0.2) is 9.59 Å². The summed E-state index contributed by atoms with van der Waals surface area (Å²) in [7, 11) is 4.10. The minimum atomic E-state index is -1.26. The summed E-state index contributed by atoms with van der Waals surface area (Å²) in [5.74, 6) is -1.38. The number of hydrogen-bond acceptors (Lipinski definition) is 5. The van der Waals surface area contributed by atoms with Crippen molar-refractivity contribution >= 4 is 17.9 Å². The number of carbonyl (C=O) groups excluding carboxylic acids is 1. The van der Waals surface area contributed by atoms with Gasteiger partial charge in [0.25, 0.3) is 0 Å². The van der Waals surface area contributed by atoms with Gasteiger partial charge in [0.1, 0.15) is 6.10 Å². The predicted octanol–water partition coefficient (Wildman–Crippen LogP) is 2.96. The second-order valence-electron chi connectivity index (χ2n) is 9.04. The van der Waals surface area contributed by atoms with Crippen LogP contribution in [-0.2, 0) is 19.1 Å². The molecule has 7 heteroatoms. The molecule has 29 heavy (non-hydrogen) atoms. The molecule has 0 aromatic carbocycles. The van der Waals surface area contributed by atoms with Gasteiger partial charge in [-0.05, 0) is 58.5 Å². The summed E-state index contributed by atoms with van der Waals surface area (Å²) in [5.41, 5.74) is 1.89. The predicted molar refractivity (Wildman–Crippen MR) is 108 cm³/mol. The largest absolute Gasteiger partial charge is 0.478 e. The Hall–Kier alpha value is -2.15. The molecule has 0 bridgehead atoms. The number of carboxylic acids is 2. The first-order chi connectivity index (χ1) is 13.5. The second kappa shape index (κ2) is 9.57. The molecule has 2 aliphatic carbocycles. The number of ether oxygens (including phenoxy) is 1. The third kappa shape index (κ3) is 6.42. The zero-order valence-electron chi connectivity index (χ0n) is 17.8. The molecular formula is C22H33NO6. The van der Waals surface area contributed by atoms with Gasteiger partial charge in [0.2, 0.25) is 0 Å². The van der Waals surface area contributed by atoms with E-state index in [-0.39, 0.29) is 18.0 Å². The van der Waals surface area contributed by atoms with Crippen molar-refractivity contribution in [2.45, 2.75) is 52.1 Å². The summed E-state index contributed by atoms with van der Waals surface area (Å²) in [6.45, 7) is 5.45. The molecule has 0 spiro atoms. The maximum Gasteiger partial charge on any atom is 0.328 e. The second-order valence-corrected chi connectivity index (χ2v) is 9.04. The van der Waals surface area contributed by atoms with E-state index < -0.39 is 11.9 Å². The number of nitrogens with zero attached hydrogens (tertiary/aromatic N) is 1. The lowest BCUT2D eigenvalue weighted by atomic mass is 9.80.